The summed E-state index contributed by atoms with van der Waals surface area (Å²) in [6, 6.07) is 6.78. The van der Waals surface area contributed by atoms with Gasteiger partial charge in [0.25, 0.3) is 5.91 Å². The Morgan fingerprint density at radius 2 is 1.94 bits per heavy atom. The summed E-state index contributed by atoms with van der Waals surface area (Å²) in [5.74, 6) is 0.544. The lowest BCUT2D eigenvalue weighted by Gasteiger charge is -2.28. The van der Waals surface area contributed by atoms with Gasteiger partial charge < -0.3 is 15.5 Å². The lowest BCUT2D eigenvalue weighted by molar-refractivity contribution is -0.117. The molecule has 35 heavy (non-hydrogen) atoms. The van der Waals surface area contributed by atoms with Crippen LogP contribution >= 0.6 is 0 Å². The van der Waals surface area contributed by atoms with Crippen molar-refractivity contribution < 1.29 is 13.2 Å². The van der Waals surface area contributed by atoms with Gasteiger partial charge in [0, 0.05) is 45.0 Å². The number of benzene rings is 1. The van der Waals surface area contributed by atoms with E-state index in [1.165, 1.54) is 6.08 Å². The Labute approximate surface area is 210 Å². The molecular formula is C26H39N5O3S. The van der Waals surface area contributed by atoms with Crippen LogP contribution in [0, 0.1) is 0 Å². The number of sulfonamides is 1. The first kappa shape index (κ1) is 27.1. The summed E-state index contributed by atoms with van der Waals surface area (Å²) in [7, 11) is -1.71. The van der Waals surface area contributed by atoms with Crippen LogP contribution < -0.4 is 10.6 Å². The zero-order valence-corrected chi connectivity index (χ0v) is 22.0. The molecule has 2 heterocycles. The Morgan fingerprint density at radius 1 is 1.23 bits per heavy atom. The van der Waals surface area contributed by atoms with Crippen LogP contribution in [-0.2, 0) is 21.4 Å². The monoisotopic (exact) mass is 501 g/mol. The molecule has 0 radical (unpaired) electrons. The average molecular weight is 502 g/mol. The van der Waals surface area contributed by atoms with Crippen LogP contribution in [0.4, 0.5) is 0 Å². The first-order chi connectivity index (χ1) is 16.7. The first-order valence-electron chi connectivity index (χ1n) is 12.4. The van der Waals surface area contributed by atoms with Crippen molar-refractivity contribution in [3.63, 3.8) is 0 Å². The molecule has 9 heteroatoms. The Kier molecular flexibility index (Phi) is 9.27. The van der Waals surface area contributed by atoms with Crippen LogP contribution in [0.2, 0.25) is 0 Å². The minimum Gasteiger partial charge on any atom is -0.348 e. The summed E-state index contributed by atoms with van der Waals surface area (Å²) in [5, 5.41) is 6.49. The van der Waals surface area contributed by atoms with Gasteiger partial charge in [-0.3, -0.25) is 9.79 Å². The molecule has 0 aliphatic carbocycles. The summed E-state index contributed by atoms with van der Waals surface area (Å²) in [6.07, 6.45) is 8.25. The molecule has 0 saturated carbocycles. The lowest BCUT2D eigenvalue weighted by atomic mass is 9.89. The van der Waals surface area contributed by atoms with Gasteiger partial charge in [0.2, 0.25) is 10.0 Å². The Balaban J connectivity index is 1.60. The van der Waals surface area contributed by atoms with Crippen molar-refractivity contribution in [1.82, 2.24) is 19.8 Å². The van der Waals surface area contributed by atoms with Crippen molar-refractivity contribution in [3.8, 4) is 0 Å². The third-order valence-corrected chi connectivity index (χ3v) is 8.87. The second kappa shape index (κ2) is 12.0. The molecule has 2 fully saturated rings. The van der Waals surface area contributed by atoms with Crippen LogP contribution in [0.15, 0.2) is 58.6 Å². The van der Waals surface area contributed by atoms with E-state index in [4.69, 9.17) is 0 Å². The largest absolute Gasteiger partial charge is 0.348 e. The van der Waals surface area contributed by atoms with Crippen LogP contribution in [0.5, 0.6) is 0 Å². The van der Waals surface area contributed by atoms with E-state index < -0.39 is 10.0 Å². The molecule has 1 aromatic rings. The van der Waals surface area contributed by atoms with E-state index in [9.17, 15) is 13.2 Å². The third-order valence-electron chi connectivity index (χ3n) is 6.96. The summed E-state index contributed by atoms with van der Waals surface area (Å²) >= 11 is 0. The minimum absolute atomic E-state index is 0.112. The van der Waals surface area contributed by atoms with E-state index in [1.807, 2.05) is 20.9 Å². The molecule has 1 unspecified atom stereocenters. The molecule has 2 saturated heterocycles. The van der Waals surface area contributed by atoms with Gasteiger partial charge in [0.05, 0.1) is 16.3 Å². The zero-order valence-electron chi connectivity index (χ0n) is 21.2. The zero-order chi connectivity index (χ0) is 25.5. The molecule has 8 nitrogen and oxygen atoms in total. The van der Waals surface area contributed by atoms with E-state index in [0.29, 0.717) is 30.1 Å². The number of nitrogens with zero attached hydrogens (tertiary/aromatic N) is 3. The maximum atomic E-state index is 13.3. The Bertz CT molecular complexity index is 1060. The van der Waals surface area contributed by atoms with E-state index in [1.54, 1.807) is 39.7 Å². The standard InChI is InChI=1S/C26H39N5O3S/c1-5-23(20-30(4)21(3)27-6-2)25(32)28-19-22-9-11-24(12-10-22)35(33,34)31-17-8-14-26(15-18-31)13-7-16-29-26/h5,9-12,20,29H,1,6-8,13-19H2,2-4H3,(H,28,32). The van der Waals surface area contributed by atoms with E-state index in [2.05, 4.69) is 22.2 Å². The van der Waals surface area contributed by atoms with E-state index in [-0.39, 0.29) is 18.0 Å². The second-order valence-corrected chi connectivity index (χ2v) is 11.3. The number of amidine groups is 1. The highest BCUT2D eigenvalue weighted by Gasteiger charge is 2.37. The molecule has 2 aliphatic heterocycles. The predicted molar refractivity (Wildman–Crippen MR) is 141 cm³/mol. The van der Waals surface area contributed by atoms with Crippen molar-refractivity contribution >= 4 is 21.8 Å². The highest BCUT2D eigenvalue weighted by atomic mass is 32.2. The average Bonchev–Trinajstić information content (AvgIpc) is 3.20. The fourth-order valence-corrected chi connectivity index (χ4v) is 6.24. The minimum atomic E-state index is -3.54. The lowest BCUT2D eigenvalue weighted by Crippen LogP contribution is -2.41. The number of amides is 1. The van der Waals surface area contributed by atoms with Crippen molar-refractivity contribution in [1.29, 1.82) is 0 Å². The number of hydrogen-bond acceptors (Lipinski definition) is 5. The molecule has 1 spiro atoms. The number of hydrogen-bond donors (Lipinski definition) is 2. The number of carbonyl (C=O) groups excluding carboxylic acids is 1. The number of rotatable bonds is 8. The van der Waals surface area contributed by atoms with Gasteiger partial charge in [0.1, 0.15) is 0 Å². The highest BCUT2D eigenvalue weighted by Crippen LogP contribution is 2.32. The van der Waals surface area contributed by atoms with Gasteiger partial charge in [-0.05, 0) is 70.2 Å². The first-order valence-corrected chi connectivity index (χ1v) is 13.9. The summed E-state index contributed by atoms with van der Waals surface area (Å²) < 4.78 is 28.1. The summed E-state index contributed by atoms with van der Waals surface area (Å²) in [5.41, 5.74) is 1.36. The topological polar surface area (TPSA) is 94.1 Å². The quantitative estimate of drug-likeness (QED) is 0.247. The number of nitrogens with one attached hydrogen (secondary N) is 2. The molecule has 192 valence electrons. The van der Waals surface area contributed by atoms with Gasteiger partial charge in [-0.25, -0.2) is 8.42 Å². The maximum absolute atomic E-state index is 13.3. The number of aliphatic imine (C=N–C) groups is 1. The predicted octanol–water partition coefficient (Wildman–Crippen LogP) is 3.04. The molecule has 1 amide bonds. The van der Waals surface area contributed by atoms with Crippen LogP contribution in [-0.4, -0.2) is 68.1 Å². The molecular weight excluding hydrogens is 462 g/mol. The summed E-state index contributed by atoms with van der Waals surface area (Å²) in [4.78, 5) is 19.0. The molecule has 2 N–H and O–H groups in total. The fourth-order valence-electron chi connectivity index (χ4n) is 4.76. The molecule has 0 bridgehead atoms. The van der Waals surface area contributed by atoms with Gasteiger partial charge in [-0.2, -0.15) is 4.31 Å². The van der Waals surface area contributed by atoms with Gasteiger partial charge in [-0.15, -0.1) is 0 Å². The molecule has 0 aromatic heterocycles. The van der Waals surface area contributed by atoms with Crippen molar-refractivity contribution in [2.45, 2.75) is 62.9 Å². The molecule has 1 atom stereocenters. The van der Waals surface area contributed by atoms with Crippen molar-refractivity contribution in [3.05, 3.63) is 54.3 Å². The normalized spacial score (nSPS) is 22.1. The van der Waals surface area contributed by atoms with Gasteiger partial charge in [-0.1, -0.05) is 24.8 Å². The van der Waals surface area contributed by atoms with Crippen molar-refractivity contribution in [2.75, 3.05) is 33.2 Å². The maximum Gasteiger partial charge on any atom is 0.253 e. The smallest absolute Gasteiger partial charge is 0.253 e. The van der Waals surface area contributed by atoms with Crippen LogP contribution in [0.1, 0.15) is 51.5 Å². The highest BCUT2D eigenvalue weighted by molar-refractivity contribution is 7.89. The Morgan fingerprint density at radius 3 is 2.57 bits per heavy atom. The van der Waals surface area contributed by atoms with E-state index in [0.717, 1.165) is 50.0 Å². The van der Waals surface area contributed by atoms with Crippen LogP contribution in [0.25, 0.3) is 0 Å². The third kappa shape index (κ3) is 6.80. The summed E-state index contributed by atoms with van der Waals surface area (Å²) in [6.45, 7) is 10.6. The van der Waals surface area contributed by atoms with Crippen molar-refractivity contribution in [2.24, 2.45) is 4.99 Å². The fraction of sp³-hybridized carbons (Fsp3) is 0.538. The SMILES string of the molecule is C=CC(=CN(C)C(C)=NCC)C(=O)NCc1ccc(S(=O)(=O)N2CCCC3(CCCN3)CC2)cc1. The van der Waals surface area contributed by atoms with Gasteiger partial charge >= 0.3 is 0 Å². The van der Waals surface area contributed by atoms with Gasteiger partial charge in [0.15, 0.2) is 0 Å². The Hall–Kier alpha value is -2.49. The molecule has 1 aromatic carbocycles. The second-order valence-electron chi connectivity index (χ2n) is 9.32. The number of carbonyl (C=O) groups is 1. The van der Waals surface area contributed by atoms with E-state index >= 15 is 0 Å². The van der Waals surface area contributed by atoms with Crippen LogP contribution in [0.3, 0.4) is 0 Å². The molecule has 2 aliphatic rings. The molecule has 3 rings (SSSR count).